The summed E-state index contributed by atoms with van der Waals surface area (Å²) in [7, 11) is 0. The van der Waals surface area contributed by atoms with E-state index in [0.717, 1.165) is 5.56 Å². The molecule has 6 heteroatoms. The lowest BCUT2D eigenvalue weighted by Gasteiger charge is -2.12. The van der Waals surface area contributed by atoms with Gasteiger partial charge in [-0.25, -0.2) is 9.37 Å². The molecule has 5 nitrogen and oxygen atoms in total. The van der Waals surface area contributed by atoms with E-state index in [4.69, 9.17) is 0 Å². The maximum absolute atomic E-state index is 14.1. The first-order valence-corrected chi connectivity index (χ1v) is 9.42. The molecule has 0 saturated heterocycles. The van der Waals surface area contributed by atoms with Gasteiger partial charge in [0.05, 0.1) is 11.4 Å². The van der Waals surface area contributed by atoms with E-state index in [9.17, 15) is 9.18 Å². The van der Waals surface area contributed by atoms with Crippen LogP contribution in [-0.4, -0.2) is 15.8 Å². The second-order valence-electron chi connectivity index (χ2n) is 6.69. The summed E-state index contributed by atoms with van der Waals surface area (Å²) >= 11 is 0. The fraction of sp³-hybridized carbons (Fsp3) is 0.0417. The second-order valence-corrected chi connectivity index (χ2v) is 6.69. The van der Waals surface area contributed by atoms with Crippen LogP contribution in [0.15, 0.2) is 84.9 Å². The average molecular weight is 398 g/mol. The minimum absolute atomic E-state index is 0.0282. The predicted octanol–water partition coefficient (Wildman–Crippen LogP) is 5.97. The number of carbonyl (C=O) groups is 1. The molecule has 0 aliphatic rings. The summed E-state index contributed by atoms with van der Waals surface area (Å²) in [4.78, 5) is 20.8. The first-order chi connectivity index (χ1) is 14.6. The normalized spacial score (nSPS) is 10.5. The highest BCUT2D eigenvalue weighted by Crippen LogP contribution is 2.26. The summed E-state index contributed by atoms with van der Waals surface area (Å²) in [6.07, 6.45) is 0. The summed E-state index contributed by atoms with van der Waals surface area (Å²) in [6.45, 7) is 1.52. The lowest BCUT2D eigenvalue weighted by Crippen LogP contribution is -2.04. The highest BCUT2D eigenvalue weighted by atomic mass is 19.1. The topological polar surface area (TPSA) is 66.9 Å². The Morgan fingerprint density at radius 1 is 0.833 bits per heavy atom. The Morgan fingerprint density at radius 3 is 2.37 bits per heavy atom. The van der Waals surface area contributed by atoms with Crippen LogP contribution in [-0.2, 0) is 0 Å². The van der Waals surface area contributed by atoms with Crippen molar-refractivity contribution < 1.29 is 9.18 Å². The fourth-order valence-electron chi connectivity index (χ4n) is 2.97. The molecule has 1 heterocycles. The van der Waals surface area contributed by atoms with Crippen LogP contribution in [0.3, 0.4) is 0 Å². The van der Waals surface area contributed by atoms with Crippen LogP contribution in [0.5, 0.6) is 0 Å². The molecule has 0 unspecified atom stereocenters. The largest absolute Gasteiger partial charge is 0.338 e. The molecule has 30 heavy (non-hydrogen) atoms. The first-order valence-electron chi connectivity index (χ1n) is 9.42. The van der Waals surface area contributed by atoms with Gasteiger partial charge in [-0.1, -0.05) is 54.6 Å². The van der Waals surface area contributed by atoms with Gasteiger partial charge in [0, 0.05) is 22.9 Å². The van der Waals surface area contributed by atoms with E-state index < -0.39 is 0 Å². The van der Waals surface area contributed by atoms with Crippen LogP contribution in [0.25, 0.3) is 11.3 Å². The zero-order chi connectivity index (χ0) is 20.9. The van der Waals surface area contributed by atoms with Gasteiger partial charge in [0.25, 0.3) is 0 Å². The Bertz CT molecular complexity index is 1190. The van der Waals surface area contributed by atoms with E-state index in [1.54, 1.807) is 42.5 Å². The van der Waals surface area contributed by atoms with Gasteiger partial charge in [-0.3, -0.25) is 4.79 Å². The number of hydrogen-bond donors (Lipinski definition) is 2. The second kappa shape index (κ2) is 8.53. The SMILES string of the molecule is CC(=O)c1cccc(Nc2nc(Nc3ccccc3F)cc(-c3ccccc3)n2)c1. The molecule has 4 rings (SSSR count). The lowest BCUT2D eigenvalue weighted by molar-refractivity contribution is 0.101. The number of carbonyl (C=O) groups excluding carboxylic acids is 1. The number of rotatable bonds is 6. The number of ketones is 1. The van der Waals surface area contributed by atoms with E-state index in [1.807, 2.05) is 36.4 Å². The van der Waals surface area contributed by atoms with Gasteiger partial charge in [-0.2, -0.15) is 4.98 Å². The molecule has 0 bridgehead atoms. The van der Waals surface area contributed by atoms with Crippen molar-refractivity contribution >= 4 is 28.9 Å². The number of halogens is 1. The Kier molecular flexibility index (Phi) is 5.48. The molecule has 148 valence electrons. The van der Waals surface area contributed by atoms with Gasteiger partial charge in [0.15, 0.2) is 5.78 Å². The molecule has 0 aliphatic carbocycles. The number of nitrogens with one attached hydrogen (secondary N) is 2. The van der Waals surface area contributed by atoms with Crippen LogP contribution in [0.2, 0.25) is 0 Å². The van der Waals surface area contributed by atoms with Crippen molar-refractivity contribution in [3.8, 4) is 11.3 Å². The van der Waals surface area contributed by atoms with Gasteiger partial charge < -0.3 is 10.6 Å². The molecular weight excluding hydrogens is 379 g/mol. The van der Waals surface area contributed by atoms with Gasteiger partial charge in [-0.15, -0.1) is 0 Å². The van der Waals surface area contributed by atoms with Crippen molar-refractivity contribution in [1.82, 2.24) is 9.97 Å². The zero-order valence-corrected chi connectivity index (χ0v) is 16.3. The van der Waals surface area contributed by atoms with Gasteiger partial charge in [0.2, 0.25) is 5.95 Å². The third kappa shape index (κ3) is 4.50. The third-order valence-corrected chi connectivity index (χ3v) is 4.46. The molecule has 0 radical (unpaired) electrons. The number of hydrogen-bond acceptors (Lipinski definition) is 5. The van der Waals surface area contributed by atoms with E-state index in [2.05, 4.69) is 20.6 Å². The third-order valence-electron chi connectivity index (χ3n) is 4.46. The molecule has 4 aromatic rings. The highest BCUT2D eigenvalue weighted by Gasteiger charge is 2.10. The number of nitrogens with zero attached hydrogens (tertiary/aromatic N) is 2. The molecule has 0 fully saturated rings. The summed E-state index contributed by atoms with van der Waals surface area (Å²) in [5.41, 5.74) is 3.17. The Hall–Kier alpha value is -4.06. The van der Waals surface area contributed by atoms with E-state index in [0.29, 0.717) is 34.4 Å². The highest BCUT2D eigenvalue weighted by molar-refractivity contribution is 5.95. The molecule has 0 atom stereocenters. The Balaban J connectivity index is 1.73. The first kappa shape index (κ1) is 19.3. The lowest BCUT2D eigenvalue weighted by atomic mass is 10.1. The molecule has 0 spiro atoms. The summed E-state index contributed by atoms with van der Waals surface area (Å²) in [5, 5.41) is 6.16. The molecular formula is C24H19FN4O. The van der Waals surface area contributed by atoms with Gasteiger partial charge in [-0.05, 0) is 31.2 Å². The van der Waals surface area contributed by atoms with Gasteiger partial charge >= 0.3 is 0 Å². The minimum atomic E-state index is -0.374. The van der Waals surface area contributed by atoms with Crippen molar-refractivity contribution in [2.24, 2.45) is 0 Å². The number of anilines is 4. The predicted molar refractivity (Wildman–Crippen MR) is 117 cm³/mol. The zero-order valence-electron chi connectivity index (χ0n) is 16.3. The van der Waals surface area contributed by atoms with Crippen LogP contribution in [0.1, 0.15) is 17.3 Å². The monoisotopic (exact) mass is 398 g/mol. The minimum Gasteiger partial charge on any atom is -0.338 e. The summed E-state index contributed by atoms with van der Waals surface area (Å²) < 4.78 is 14.1. The van der Waals surface area contributed by atoms with Crippen molar-refractivity contribution in [1.29, 1.82) is 0 Å². The van der Waals surface area contributed by atoms with Crippen molar-refractivity contribution in [2.45, 2.75) is 6.92 Å². The van der Waals surface area contributed by atoms with Crippen LogP contribution >= 0.6 is 0 Å². The van der Waals surface area contributed by atoms with Crippen LogP contribution in [0.4, 0.5) is 27.5 Å². The number of para-hydroxylation sites is 1. The molecule has 0 amide bonds. The average Bonchev–Trinajstić information content (AvgIpc) is 2.76. The molecule has 1 aromatic heterocycles. The molecule has 0 aliphatic heterocycles. The Morgan fingerprint density at radius 2 is 1.60 bits per heavy atom. The van der Waals surface area contributed by atoms with E-state index in [-0.39, 0.29) is 11.6 Å². The Labute approximate surface area is 173 Å². The molecule has 0 saturated carbocycles. The smallest absolute Gasteiger partial charge is 0.229 e. The number of benzene rings is 3. The van der Waals surface area contributed by atoms with Crippen molar-refractivity contribution in [3.63, 3.8) is 0 Å². The number of Topliss-reactive ketones (excluding diaryl/α,β-unsaturated/α-hetero) is 1. The van der Waals surface area contributed by atoms with E-state index in [1.165, 1.54) is 13.0 Å². The molecule has 3 aromatic carbocycles. The van der Waals surface area contributed by atoms with Gasteiger partial charge in [0.1, 0.15) is 11.6 Å². The van der Waals surface area contributed by atoms with E-state index >= 15 is 0 Å². The van der Waals surface area contributed by atoms with Crippen molar-refractivity contribution in [3.05, 3.63) is 96.3 Å². The fourth-order valence-corrected chi connectivity index (χ4v) is 2.97. The standard InChI is InChI=1S/C24H19FN4O/c1-16(30)18-10-7-11-19(14-18)26-24-28-22(17-8-3-2-4-9-17)15-23(29-24)27-21-13-6-5-12-20(21)25/h2-15H,1H3,(H2,26,27,28,29). The summed E-state index contributed by atoms with van der Waals surface area (Å²) in [6, 6.07) is 24.9. The quantitative estimate of drug-likeness (QED) is 0.392. The summed E-state index contributed by atoms with van der Waals surface area (Å²) in [5.74, 6) is 0.371. The van der Waals surface area contributed by atoms with Crippen LogP contribution in [0, 0.1) is 5.82 Å². The maximum Gasteiger partial charge on any atom is 0.229 e. The molecule has 2 N–H and O–H groups in total. The van der Waals surface area contributed by atoms with Crippen LogP contribution < -0.4 is 10.6 Å². The number of aromatic nitrogens is 2. The maximum atomic E-state index is 14.1. The van der Waals surface area contributed by atoms with Crippen molar-refractivity contribution in [2.75, 3.05) is 10.6 Å².